The van der Waals surface area contributed by atoms with Crippen LogP contribution in [0.1, 0.15) is 106 Å². The number of Topliss-reactive ketones (excluding diaryl/α,β-unsaturated/α-hetero) is 4. The third kappa shape index (κ3) is 7.73. The highest BCUT2D eigenvalue weighted by atomic mass is 16.7. The minimum Gasteiger partial charge on any atom is -0.492 e. The molecule has 10 aliphatic rings. The van der Waals surface area contributed by atoms with Crippen LogP contribution in [0.5, 0.6) is 34.5 Å². The quantitative estimate of drug-likeness (QED) is 0.192. The van der Waals surface area contributed by atoms with Crippen molar-refractivity contribution < 1.29 is 76.2 Å². The van der Waals surface area contributed by atoms with Crippen LogP contribution < -0.4 is 28.4 Å². The smallest absolute Gasteiger partial charge is 0.308 e. The zero-order chi connectivity index (χ0) is 58.1. The topological polar surface area (TPSA) is 263 Å². The number of benzene rings is 2. The minimum atomic E-state index is -0.812. The molecular formula is C59H58N6O16. The van der Waals surface area contributed by atoms with Crippen LogP contribution in [0.4, 0.5) is 0 Å². The number of hydrogen-bond acceptors (Lipinski definition) is 22. The van der Waals surface area contributed by atoms with Crippen molar-refractivity contribution in [3.05, 3.63) is 89.7 Å². The minimum absolute atomic E-state index is 0.0207. The molecular weight excluding hydrogens is 1050 g/mol. The van der Waals surface area contributed by atoms with Crippen molar-refractivity contribution >= 4 is 53.2 Å². The highest BCUT2D eigenvalue weighted by molar-refractivity contribution is 6.26. The zero-order valence-corrected chi connectivity index (χ0v) is 46.7. The Morgan fingerprint density at radius 1 is 0.605 bits per heavy atom. The summed E-state index contributed by atoms with van der Waals surface area (Å²) in [6.07, 6.45) is 4.68. The number of hydrogen-bond donors (Lipinski definition) is 0. The number of likely N-dealkylation sites (N-methyl/N-ethyl adjacent to an activating group) is 2. The molecule has 22 heteroatoms. The Morgan fingerprint density at radius 2 is 1.00 bits per heavy atom. The number of nitriles is 2. The Morgan fingerprint density at radius 3 is 1.37 bits per heavy atom. The molecule has 4 bridgehead atoms. The molecule has 2 aromatic carbocycles. The maximum atomic E-state index is 13.9. The Bertz CT molecular complexity index is 3610. The number of methoxy groups -OCH3 is 2. The van der Waals surface area contributed by atoms with Crippen LogP contribution in [0.15, 0.2) is 56.4 Å². The third-order valence-corrected chi connectivity index (χ3v) is 17.2. The van der Waals surface area contributed by atoms with Gasteiger partial charge in [0.25, 0.3) is 0 Å². The molecule has 2 saturated heterocycles. The van der Waals surface area contributed by atoms with Gasteiger partial charge in [-0.2, -0.15) is 10.5 Å². The molecule has 0 saturated carbocycles. The average Bonchev–Trinajstić information content (AvgIpc) is 1.90. The molecule has 2 fully saturated rings. The Hall–Kier alpha value is -8.73. The van der Waals surface area contributed by atoms with Crippen LogP contribution >= 0.6 is 0 Å². The normalized spacial score (nSPS) is 26.3. The lowest BCUT2D eigenvalue weighted by atomic mass is 9.71. The first-order valence-corrected chi connectivity index (χ1v) is 26.5. The summed E-state index contributed by atoms with van der Waals surface area (Å²) in [6.45, 7) is 12.4. The summed E-state index contributed by atoms with van der Waals surface area (Å²) in [4.78, 5) is 99.0. The molecule has 0 N–H and O–H groups in total. The second kappa shape index (κ2) is 19.8. The first-order chi connectivity index (χ1) is 38.7. The van der Waals surface area contributed by atoms with Gasteiger partial charge in [0.2, 0.25) is 25.2 Å². The largest absolute Gasteiger partial charge is 0.492 e. The van der Waals surface area contributed by atoms with Gasteiger partial charge >= 0.3 is 17.9 Å². The number of ketones is 4. The molecule has 8 heterocycles. The first-order valence-electron chi connectivity index (χ1n) is 26.5. The molecule has 0 aromatic heterocycles. The summed E-state index contributed by atoms with van der Waals surface area (Å²) in [5, 5.41) is 21.1. The number of fused-ring (bicyclic) bond motifs is 16. The van der Waals surface area contributed by atoms with Crippen LogP contribution in [0.3, 0.4) is 0 Å². The fourth-order valence-electron chi connectivity index (χ4n) is 13.9. The van der Waals surface area contributed by atoms with Crippen molar-refractivity contribution in [2.24, 2.45) is 0 Å². The van der Waals surface area contributed by atoms with E-state index in [4.69, 9.17) is 42.6 Å². The molecule has 2 aromatic rings. The number of allylic oxidation sites excluding steroid dienone is 4. The number of esters is 3. The summed E-state index contributed by atoms with van der Waals surface area (Å²) in [6, 6.07) is 0.218. The van der Waals surface area contributed by atoms with E-state index in [1.54, 1.807) is 26.8 Å². The summed E-state index contributed by atoms with van der Waals surface area (Å²) in [7, 11) is 6.44. The lowest BCUT2D eigenvalue weighted by Gasteiger charge is -2.57. The third-order valence-electron chi connectivity index (χ3n) is 17.2. The van der Waals surface area contributed by atoms with Crippen LogP contribution in [0.2, 0.25) is 0 Å². The second-order valence-electron chi connectivity index (χ2n) is 21.3. The number of nitrogens with zero attached hydrogens (tertiary/aromatic N) is 6. The van der Waals surface area contributed by atoms with Gasteiger partial charge in [-0.05, 0) is 73.2 Å². The summed E-state index contributed by atoms with van der Waals surface area (Å²) < 4.78 is 51.2. The van der Waals surface area contributed by atoms with Gasteiger partial charge in [0, 0.05) is 111 Å². The van der Waals surface area contributed by atoms with Crippen LogP contribution in [0.25, 0.3) is 12.2 Å². The van der Waals surface area contributed by atoms with E-state index in [1.165, 1.54) is 35.0 Å². The standard InChI is InChI=1S/C30H29N3O9.C29H29N3O7/c1-12-25(36)16-7-18-20(9-31)33-19(24(32(18)5)23(16)26(37)28(12)38-6)8-17-22(21(33)10-39-14(3)34)30-29(40-11-41-30)13(2)27(17)42-15(4)35;1-7-17-21-16(26(39-14(4)33)13(3)28-29(21)38-11-37-28)9-19-23-22-15(24(34)12(2)27(36-6)25(22)35)8-18(31(23)5)20(10-30)32(17)19/h8,18,20-21,24H,7,10-11H2,1-6H3;9,17-18,20,23H,7-8,11H2,1-6H3/t18-,20-,21-,24-;17-,18-,20-,23-/m00/s1. The van der Waals surface area contributed by atoms with E-state index in [9.17, 15) is 44.1 Å². The molecule has 420 valence electrons. The number of carbonyl (C=O) groups excluding carboxylic acids is 7. The van der Waals surface area contributed by atoms with Crippen LogP contribution in [0, 0.1) is 36.5 Å². The fraction of sp³-hybridized carbons (Fsp3) is 0.441. The van der Waals surface area contributed by atoms with Gasteiger partial charge in [-0.25, -0.2) is 0 Å². The fourth-order valence-corrected chi connectivity index (χ4v) is 13.9. The van der Waals surface area contributed by atoms with Crippen molar-refractivity contribution in [1.82, 2.24) is 19.6 Å². The van der Waals surface area contributed by atoms with Gasteiger partial charge in [-0.15, -0.1) is 0 Å². The van der Waals surface area contributed by atoms with E-state index >= 15 is 0 Å². The molecule has 81 heavy (non-hydrogen) atoms. The van der Waals surface area contributed by atoms with Gasteiger partial charge in [-0.3, -0.25) is 43.4 Å². The first kappa shape index (κ1) is 54.2. The van der Waals surface area contributed by atoms with Gasteiger partial charge in [-0.1, -0.05) is 6.92 Å². The molecule has 12 rings (SSSR count). The van der Waals surface area contributed by atoms with Crippen molar-refractivity contribution in [2.75, 3.05) is 48.5 Å². The maximum absolute atomic E-state index is 13.9. The van der Waals surface area contributed by atoms with Crippen LogP contribution in [-0.4, -0.2) is 145 Å². The lowest BCUT2D eigenvalue weighted by Crippen LogP contribution is -2.66. The molecule has 0 radical (unpaired) electrons. The molecule has 22 nitrogen and oxygen atoms in total. The average molecular weight is 1110 g/mol. The van der Waals surface area contributed by atoms with E-state index in [2.05, 4.69) is 17.0 Å². The molecule has 8 aliphatic heterocycles. The van der Waals surface area contributed by atoms with Gasteiger partial charge < -0.3 is 52.4 Å². The van der Waals surface area contributed by atoms with E-state index in [1.807, 2.05) is 48.7 Å². The molecule has 0 spiro atoms. The van der Waals surface area contributed by atoms with E-state index in [-0.39, 0.29) is 96.5 Å². The Labute approximate surface area is 465 Å². The summed E-state index contributed by atoms with van der Waals surface area (Å²) in [5.74, 6) is -0.319. The zero-order valence-electron chi connectivity index (χ0n) is 46.7. The predicted molar refractivity (Wildman–Crippen MR) is 281 cm³/mol. The van der Waals surface area contributed by atoms with Crippen molar-refractivity contribution in [2.45, 2.75) is 123 Å². The molecule has 0 amide bonds. The van der Waals surface area contributed by atoms with Gasteiger partial charge in [0.15, 0.2) is 46.1 Å². The number of ether oxygens (including phenoxy) is 9. The van der Waals surface area contributed by atoms with E-state index < -0.39 is 59.9 Å². The lowest BCUT2D eigenvalue weighted by molar-refractivity contribution is -0.143. The highest BCUT2D eigenvalue weighted by Gasteiger charge is 2.58. The van der Waals surface area contributed by atoms with Crippen molar-refractivity contribution in [1.29, 1.82) is 10.5 Å². The van der Waals surface area contributed by atoms with Crippen LogP contribution in [-0.2, 0) is 47.8 Å². The SMILES string of the molecule is CC[C@H]1c2c(c(OC(C)=O)c(C)c3c2OCO3)C=C2[C@H]3C4=C(C[C@@H]([C@H](C#N)N21)N3C)C(=O)C(C)=C(OC)C4=O.COC1=C(C)C(=O)C2=C(C1=O)[C@@H]1C3=Cc4c(OC(C)=O)c(C)c5c(c4[C@H](COC(C)=O)N3[C@@H](C#N)[C@H](C2)N1C)OCO5. The van der Waals surface area contributed by atoms with Crippen molar-refractivity contribution in [3.8, 4) is 46.6 Å². The number of rotatable bonds is 7. The molecule has 0 unspecified atom stereocenters. The monoisotopic (exact) mass is 1110 g/mol. The summed E-state index contributed by atoms with van der Waals surface area (Å²) >= 11 is 0. The highest BCUT2D eigenvalue weighted by Crippen LogP contribution is 2.59. The Kier molecular flexibility index (Phi) is 13.3. The Balaban J connectivity index is 0.000000171. The van der Waals surface area contributed by atoms with E-state index in [0.717, 1.165) is 5.56 Å². The predicted octanol–water partition coefficient (Wildman–Crippen LogP) is 5.36. The number of piperazine rings is 2. The molecule has 8 atom stereocenters. The van der Waals surface area contributed by atoms with Crippen molar-refractivity contribution in [3.63, 3.8) is 0 Å². The van der Waals surface area contributed by atoms with Gasteiger partial charge in [0.1, 0.15) is 30.2 Å². The number of carbonyl (C=O) groups is 7. The van der Waals surface area contributed by atoms with E-state index in [0.29, 0.717) is 91.1 Å². The van der Waals surface area contributed by atoms with Gasteiger partial charge in [0.05, 0.1) is 50.5 Å². The maximum Gasteiger partial charge on any atom is 0.308 e. The molecule has 2 aliphatic carbocycles. The summed E-state index contributed by atoms with van der Waals surface area (Å²) in [5.41, 5.74) is 6.75. The second-order valence-corrected chi connectivity index (χ2v) is 21.3.